The first-order valence-electron chi connectivity index (χ1n) is 7.49. The van der Waals surface area contributed by atoms with E-state index in [0.29, 0.717) is 6.42 Å². The fraction of sp³-hybridized carbons (Fsp3) is 0.625. The van der Waals surface area contributed by atoms with Gasteiger partial charge in [0.15, 0.2) is 0 Å². The zero-order valence-electron chi connectivity index (χ0n) is 11.8. The molecule has 108 valence electrons. The molecule has 1 N–H and O–H groups in total. The van der Waals surface area contributed by atoms with E-state index in [1.165, 1.54) is 43.9 Å². The van der Waals surface area contributed by atoms with Gasteiger partial charge in [-0.05, 0) is 18.9 Å². The van der Waals surface area contributed by atoms with E-state index in [2.05, 4.69) is 33.1 Å². The Hall–Kier alpha value is -0.860. The highest BCUT2D eigenvalue weighted by atomic mass is 32.1. The van der Waals surface area contributed by atoms with Crippen LogP contribution in [0.1, 0.15) is 29.7 Å². The van der Waals surface area contributed by atoms with Crippen LogP contribution in [-0.4, -0.2) is 53.7 Å². The molecule has 0 spiro atoms. The van der Waals surface area contributed by atoms with Crippen LogP contribution in [-0.2, 0) is 6.54 Å². The van der Waals surface area contributed by atoms with Crippen LogP contribution in [0.5, 0.6) is 0 Å². The van der Waals surface area contributed by atoms with Gasteiger partial charge in [0.2, 0.25) is 0 Å². The predicted octanol–water partition coefficient (Wildman–Crippen LogP) is 1.76. The molecule has 2 heterocycles. The molecule has 0 unspecified atom stereocenters. The van der Waals surface area contributed by atoms with Gasteiger partial charge in [-0.3, -0.25) is 9.80 Å². The molecule has 0 aromatic carbocycles. The molecule has 1 saturated heterocycles. The minimum Gasteiger partial charge on any atom is -0.395 e. The van der Waals surface area contributed by atoms with Crippen LogP contribution < -0.4 is 0 Å². The molecule has 1 aromatic heterocycles. The minimum atomic E-state index is 0.148. The summed E-state index contributed by atoms with van der Waals surface area (Å²) in [6, 6.07) is 3.11. The third-order valence-electron chi connectivity index (χ3n) is 3.97. The Morgan fingerprint density at radius 3 is 2.75 bits per heavy atom. The molecule has 2 aliphatic rings. The van der Waals surface area contributed by atoms with E-state index in [-0.39, 0.29) is 6.61 Å². The lowest BCUT2D eigenvalue weighted by Gasteiger charge is -2.34. The van der Waals surface area contributed by atoms with E-state index in [4.69, 9.17) is 5.11 Å². The monoisotopic (exact) mass is 290 g/mol. The van der Waals surface area contributed by atoms with E-state index in [1.54, 1.807) is 11.3 Å². The van der Waals surface area contributed by atoms with Crippen molar-refractivity contribution in [3.05, 3.63) is 21.9 Å². The third-order valence-corrected chi connectivity index (χ3v) is 4.89. The Bertz CT molecular complexity index is 490. The van der Waals surface area contributed by atoms with Crippen molar-refractivity contribution in [2.45, 2.75) is 31.8 Å². The molecule has 4 heteroatoms. The first-order valence-corrected chi connectivity index (χ1v) is 8.36. The first-order chi connectivity index (χ1) is 9.85. The molecule has 0 atom stereocenters. The quantitative estimate of drug-likeness (QED) is 0.856. The highest BCUT2D eigenvalue weighted by Gasteiger charge is 2.31. The smallest absolute Gasteiger partial charge is 0.0540 e. The first kappa shape index (κ1) is 14.1. The van der Waals surface area contributed by atoms with Gasteiger partial charge in [-0.1, -0.05) is 11.8 Å². The molecule has 3 rings (SSSR count). The fourth-order valence-electron chi connectivity index (χ4n) is 2.70. The van der Waals surface area contributed by atoms with E-state index in [0.717, 1.165) is 18.2 Å². The van der Waals surface area contributed by atoms with Gasteiger partial charge in [0, 0.05) is 61.0 Å². The summed E-state index contributed by atoms with van der Waals surface area (Å²) in [4.78, 5) is 6.60. The van der Waals surface area contributed by atoms with E-state index in [1.807, 2.05) is 0 Å². The molecule has 20 heavy (non-hydrogen) atoms. The van der Waals surface area contributed by atoms with Crippen molar-refractivity contribution in [1.82, 2.24) is 9.80 Å². The van der Waals surface area contributed by atoms with Crippen molar-refractivity contribution < 1.29 is 5.11 Å². The summed E-state index contributed by atoms with van der Waals surface area (Å²) in [5.41, 5.74) is 1.09. The summed E-state index contributed by atoms with van der Waals surface area (Å²) in [5, 5.41) is 10.8. The number of nitrogens with zero attached hydrogens (tertiary/aromatic N) is 2. The lowest BCUT2D eigenvalue weighted by atomic mass is 10.2. The van der Waals surface area contributed by atoms with Crippen LogP contribution >= 0.6 is 11.3 Å². The predicted molar refractivity (Wildman–Crippen MR) is 82.8 cm³/mol. The van der Waals surface area contributed by atoms with Crippen LogP contribution in [0, 0.1) is 11.8 Å². The Kier molecular flexibility index (Phi) is 4.74. The van der Waals surface area contributed by atoms with Crippen molar-refractivity contribution in [2.75, 3.05) is 32.8 Å². The summed E-state index contributed by atoms with van der Waals surface area (Å²) < 4.78 is 0. The standard InChI is InChI=1S/C16H22N2OS/c19-10-2-1-3-14-11-16(20-13-14)12-17-6-8-18(9-7-17)15-4-5-15/h11,13,15,19H,2,4-10,12H2. The minimum absolute atomic E-state index is 0.148. The second-order valence-corrected chi connectivity index (χ2v) is 6.62. The van der Waals surface area contributed by atoms with Gasteiger partial charge >= 0.3 is 0 Å². The summed E-state index contributed by atoms with van der Waals surface area (Å²) in [5.74, 6) is 6.09. The molecule has 1 aromatic rings. The number of aliphatic hydroxyl groups is 1. The van der Waals surface area contributed by atoms with E-state index in [9.17, 15) is 0 Å². The van der Waals surface area contributed by atoms with Gasteiger partial charge < -0.3 is 5.11 Å². The molecule has 3 nitrogen and oxygen atoms in total. The van der Waals surface area contributed by atoms with E-state index < -0.39 is 0 Å². The fourth-order valence-corrected chi connectivity index (χ4v) is 3.55. The maximum Gasteiger partial charge on any atom is 0.0540 e. The summed E-state index contributed by atoms with van der Waals surface area (Å²) >= 11 is 1.80. The van der Waals surface area contributed by atoms with Crippen molar-refractivity contribution in [2.24, 2.45) is 0 Å². The van der Waals surface area contributed by atoms with Crippen molar-refractivity contribution >= 4 is 11.3 Å². The summed E-state index contributed by atoms with van der Waals surface area (Å²) in [6.07, 6.45) is 3.40. The third kappa shape index (κ3) is 3.83. The molecule has 2 fully saturated rings. The van der Waals surface area contributed by atoms with Crippen LogP contribution in [0.15, 0.2) is 11.4 Å². The van der Waals surface area contributed by atoms with Gasteiger partial charge in [0.25, 0.3) is 0 Å². The van der Waals surface area contributed by atoms with Gasteiger partial charge in [-0.15, -0.1) is 11.3 Å². The molecule has 1 aliphatic heterocycles. The summed E-state index contributed by atoms with van der Waals surface area (Å²) in [6.45, 7) is 6.07. The van der Waals surface area contributed by atoms with Crippen LogP contribution in [0.4, 0.5) is 0 Å². The SMILES string of the molecule is OCCC#Cc1csc(CN2CCN(C3CC3)CC2)c1. The molecule has 1 saturated carbocycles. The molecular formula is C16H22N2OS. The number of thiophene rings is 1. The zero-order valence-corrected chi connectivity index (χ0v) is 12.7. The summed E-state index contributed by atoms with van der Waals surface area (Å²) in [7, 11) is 0. The topological polar surface area (TPSA) is 26.7 Å². The van der Waals surface area contributed by atoms with Gasteiger partial charge in [-0.25, -0.2) is 0 Å². The van der Waals surface area contributed by atoms with Crippen molar-refractivity contribution in [3.63, 3.8) is 0 Å². The number of aliphatic hydroxyl groups excluding tert-OH is 1. The Morgan fingerprint density at radius 1 is 1.25 bits per heavy atom. The number of rotatable bonds is 4. The maximum atomic E-state index is 8.72. The van der Waals surface area contributed by atoms with Gasteiger partial charge in [0.05, 0.1) is 6.61 Å². The molecule has 1 aliphatic carbocycles. The van der Waals surface area contributed by atoms with Crippen molar-refractivity contribution in [1.29, 1.82) is 0 Å². The van der Waals surface area contributed by atoms with E-state index >= 15 is 0 Å². The van der Waals surface area contributed by atoms with Crippen LogP contribution in [0.25, 0.3) is 0 Å². The molecule has 0 radical (unpaired) electrons. The van der Waals surface area contributed by atoms with Gasteiger partial charge in [0.1, 0.15) is 0 Å². The van der Waals surface area contributed by atoms with Crippen molar-refractivity contribution in [3.8, 4) is 11.8 Å². The molecular weight excluding hydrogens is 268 g/mol. The lowest BCUT2D eigenvalue weighted by molar-refractivity contribution is 0.122. The average molecular weight is 290 g/mol. The Morgan fingerprint density at radius 2 is 2.05 bits per heavy atom. The Labute approximate surface area is 125 Å². The second kappa shape index (κ2) is 6.73. The highest BCUT2D eigenvalue weighted by molar-refractivity contribution is 7.10. The second-order valence-electron chi connectivity index (χ2n) is 5.62. The van der Waals surface area contributed by atoms with Crippen LogP contribution in [0.3, 0.4) is 0 Å². The Balaban J connectivity index is 1.47. The normalized spacial score (nSPS) is 20.6. The van der Waals surface area contributed by atoms with Gasteiger partial charge in [-0.2, -0.15) is 0 Å². The number of piperazine rings is 1. The molecule has 0 bridgehead atoms. The number of hydrogen-bond donors (Lipinski definition) is 1. The highest BCUT2D eigenvalue weighted by Crippen LogP contribution is 2.27. The maximum absolute atomic E-state index is 8.72. The zero-order chi connectivity index (χ0) is 13.8. The largest absolute Gasteiger partial charge is 0.395 e. The lowest BCUT2D eigenvalue weighted by Crippen LogP contribution is -2.46. The van der Waals surface area contributed by atoms with Crippen LogP contribution in [0.2, 0.25) is 0 Å². The molecule has 0 amide bonds. The number of hydrogen-bond acceptors (Lipinski definition) is 4. The average Bonchev–Trinajstić information content (AvgIpc) is 3.22.